The Kier molecular flexibility index (Phi) is 3.97. The molecule has 1 aromatic carbocycles. The highest BCUT2D eigenvalue weighted by molar-refractivity contribution is 6.04. The number of benzene rings is 1. The summed E-state index contributed by atoms with van der Waals surface area (Å²) in [5.41, 5.74) is 2.83. The van der Waals surface area contributed by atoms with Crippen LogP contribution in [0.1, 0.15) is 17.3 Å². The smallest absolute Gasteiger partial charge is 0.337 e. The van der Waals surface area contributed by atoms with Gasteiger partial charge in [0.15, 0.2) is 0 Å². The molecule has 1 saturated heterocycles. The van der Waals surface area contributed by atoms with Crippen molar-refractivity contribution in [2.45, 2.75) is 6.92 Å². The second kappa shape index (κ2) is 5.67. The lowest BCUT2D eigenvalue weighted by Gasteiger charge is -2.21. The number of carbonyl (C=O) groups excluding carboxylic acids is 2. The third-order valence-electron chi connectivity index (χ3n) is 3.09. The zero-order chi connectivity index (χ0) is 13.8. The van der Waals surface area contributed by atoms with Gasteiger partial charge in [-0.15, -0.1) is 0 Å². The van der Waals surface area contributed by atoms with E-state index in [1.165, 1.54) is 7.11 Å². The van der Waals surface area contributed by atoms with Crippen LogP contribution in [-0.4, -0.2) is 32.1 Å². The topological polar surface area (TPSA) is 67.4 Å². The largest absolute Gasteiger partial charge is 0.465 e. The summed E-state index contributed by atoms with van der Waals surface area (Å²) in [6, 6.07) is 6.68. The molecule has 5 nitrogen and oxygen atoms in total. The first kappa shape index (κ1) is 13.3. The van der Waals surface area contributed by atoms with Crippen LogP contribution >= 0.6 is 0 Å². The number of hydrogen-bond donors (Lipinski definition) is 2. The molecule has 0 radical (unpaired) electrons. The fourth-order valence-electron chi connectivity index (χ4n) is 1.74. The van der Waals surface area contributed by atoms with Crippen LogP contribution in [0.15, 0.2) is 35.4 Å². The summed E-state index contributed by atoms with van der Waals surface area (Å²) in [4.78, 5) is 23.4. The molecule has 1 fully saturated rings. The highest BCUT2D eigenvalue weighted by Crippen LogP contribution is 2.15. The Morgan fingerprint density at radius 2 is 2.05 bits per heavy atom. The summed E-state index contributed by atoms with van der Waals surface area (Å²) in [5, 5.41) is 5.87. The Labute approximate surface area is 111 Å². The Morgan fingerprint density at radius 1 is 1.32 bits per heavy atom. The molecule has 0 bridgehead atoms. The van der Waals surface area contributed by atoms with E-state index in [0.29, 0.717) is 11.3 Å². The van der Waals surface area contributed by atoms with E-state index in [0.717, 1.165) is 24.2 Å². The lowest BCUT2D eigenvalue weighted by atomic mass is 10.0. The quantitative estimate of drug-likeness (QED) is 0.635. The number of nitrogens with one attached hydrogen (secondary N) is 2. The van der Waals surface area contributed by atoms with Crippen LogP contribution in [0.3, 0.4) is 0 Å². The summed E-state index contributed by atoms with van der Waals surface area (Å²) in [6.07, 6.45) is 0. The van der Waals surface area contributed by atoms with Crippen LogP contribution in [0.4, 0.5) is 5.69 Å². The fourth-order valence-corrected chi connectivity index (χ4v) is 1.74. The Morgan fingerprint density at radius 3 is 2.63 bits per heavy atom. The standard InChI is InChI=1S/C14H16N2O3/c1-9(11-7-15-8-11)13(17)16-12-5-3-4-10(6-12)14(18)19-2/h3-6,15H,7-8H2,1-2H3,(H,16,17). The molecule has 0 aliphatic carbocycles. The molecule has 1 aliphatic heterocycles. The number of ether oxygens (including phenoxy) is 1. The molecular formula is C14H16N2O3. The average molecular weight is 260 g/mol. The van der Waals surface area contributed by atoms with Crippen LogP contribution in [0, 0.1) is 0 Å². The van der Waals surface area contributed by atoms with Crippen LogP contribution in [0.2, 0.25) is 0 Å². The molecule has 1 aromatic rings. The highest BCUT2D eigenvalue weighted by Gasteiger charge is 2.16. The molecule has 19 heavy (non-hydrogen) atoms. The van der Waals surface area contributed by atoms with Gasteiger partial charge in [0.05, 0.1) is 12.7 Å². The maximum Gasteiger partial charge on any atom is 0.337 e. The zero-order valence-corrected chi connectivity index (χ0v) is 10.9. The molecule has 5 heteroatoms. The van der Waals surface area contributed by atoms with Crippen molar-refractivity contribution < 1.29 is 14.3 Å². The lowest BCUT2D eigenvalue weighted by molar-refractivity contribution is -0.112. The Bertz CT molecular complexity index is 543. The molecule has 0 saturated carbocycles. The second-order valence-electron chi connectivity index (χ2n) is 4.36. The SMILES string of the molecule is COC(=O)c1cccc(NC(=O)C(C)=C2CNC2)c1. The van der Waals surface area contributed by atoms with E-state index in [2.05, 4.69) is 15.4 Å². The summed E-state index contributed by atoms with van der Waals surface area (Å²) >= 11 is 0. The maximum atomic E-state index is 12.0. The van der Waals surface area contributed by atoms with E-state index in [1.54, 1.807) is 31.2 Å². The third kappa shape index (κ3) is 3.00. The van der Waals surface area contributed by atoms with E-state index in [4.69, 9.17) is 0 Å². The Hall–Kier alpha value is -2.14. The first-order valence-electron chi connectivity index (χ1n) is 6.01. The van der Waals surface area contributed by atoms with Crippen LogP contribution in [0.25, 0.3) is 0 Å². The van der Waals surface area contributed by atoms with Crippen molar-refractivity contribution in [3.8, 4) is 0 Å². The van der Waals surface area contributed by atoms with E-state index in [-0.39, 0.29) is 5.91 Å². The molecular weight excluding hydrogens is 244 g/mol. The van der Waals surface area contributed by atoms with Gasteiger partial charge in [0.2, 0.25) is 0 Å². The first-order valence-corrected chi connectivity index (χ1v) is 6.01. The van der Waals surface area contributed by atoms with Crippen molar-refractivity contribution >= 4 is 17.6 Å². The molecule has 1 heterocycles. The number of carbonyl (C=O) groups is 2. The molecule has 100 valence electrons. The minimum Gasteiger partial charge on any atom is -0.465 e. The normalized spacial score (nSPS) is 13.5. The van der Waals surface area contributed by atoms with Gasteiger partial charge in [-0.05, 0) is 30.7 Å². The van der Waals surface area contributed by atoms with Crippen LogP contribution in [-0.2, 0) is 9.53 Å². The van der Waals surface area contributed by atoms with Gasteiger partial charge in [-0.1, -0.05) is 6.07 Å². The van der Waals surface area contributed by atoms with Gasteiger partial charge in [-0.25, -0.2) is 4.79 Å². The van der Waals surface area contributed by atoms with Gasteiger partial charge in [0.1, 0.15) is 0 Å². The maximum absolute atomic E-state index is 12.0. The summed E-state index contributed by atoms with van der Waals surface area (Å²) < 4.78 is 4.64. The summed E-state index contributed by atoms with van der Waals surface area (Å²) in [5.74, 6) is -0.562. The molecule has 0 spiro atoms. The molecule has 2 rings (SSSR count). The van der Waals surface area contributed by atoms with E-state index in [1.807, 2.05) is 0 Å². The van der Waals surface area contributed by atoms with E-state index < -0.39 is 5.97 Å². The zero-order valence-electron chi connectivity index (χ0n) is 10.9. The number of amides is 1. The monoisotopic (exact) mass is 260 g/mol. The highest BCUT2D eigenvalue weighted by atomic mass is 16.5. The molecule has 1 aliphatic rings. The summed E-state index contributed by atoms with van der Waals surface area (Å²) in [6.45, 7) is 3.33. The number of anilines is 1. The number of esters is 1. The van der Waals surface area contributed by atoms with Crippen molar-refractivity contribution in [1.29, 1.82) is 0 Å². The molecule has 0 aromatic heterocycles. The Balaban J connectivity index is 2.11. The first-order chi connectivity index (χ1) is 9.11. The predicted octanol–water partition coefficient (Wildman–Crippen LogP) is 1.33. The minimum atomic E-state index is -0.422. The molecule has 0 unspecified atom stereocenters. The predicted molar refractivity (Wildman–Crippen MR) is 72.0 cm³/mol. The number of methoxy groups -OCH3 is 1. The average Bonchev–Trinajstić information content (AvgIpc) is 2.36. The van der Waals surface area contributed by atoms with Gasteiger partial charge < -0.3 is 15.4 Å². The number of rotatable bonds is 3. The van der Waals surface area contributed by atoms with E-state index in [9.17, 15) is 9.59 Å². The third-order valence-corrected chi connectivity index (χ3v) is 3.09. The van der Waals surface area contributed by atoms with Crippen molar-refractivity contribution in [3.05, 3.63) is 41.0 Å². The lowest BCUT2D eigenvalue weighted by Crippen LogP contribution is -2.36. The van der Waals surface area contributed by atoms with Gasteiger partial charge in [-0.2, -0.15) is 0 Å². The van der Waals surface area contributed by atoms with Crippen molar-refractivity contribution in [1.82, 2.24) is 5.32 Å². The van der Waals surface area contributed by atoms with Crippen molar-refractivity contribution in [2.75, 3.05) is 25.5 Å². The van der Waals surface area contributed by atoms with Crippen LogP contribution < -0.4 is 10.6 Å². The van der Waals surface area contributed by atoms with Gasteiger partial charge in [0.25, 0.3) is 5.91 Å². The summed E-state index contributed by atoms with van der Waals surface area (Å²) in [7, 11) is 1.33. The number of hydrogen-bond acceptors (Lipinski definition) is 4. The van der Waals surface area contributed by atoms with E-state index >= 15 is 0 Å². The van der Waals surface area contributed by atoms with Gasteiger partial charge >= 0.3 is 5.97 Å². The molecule has 0 atom stereocenters. The minimum absolute atomic E-state index is 0.140. The van der Waals surface area contributed by atoms with Gasteiger partial charge in [0, 0.05) is 24.4 Å². The molecule has 2 N–H and O–H groups in total. The molecule has 1 amide bonds. The van der Waals surface area contributed by atoms with Crippen molar-refractivity contribution in [3.63, 3.8) is 0 Å². The fraction of sp³-hybridized carbons (Fsp3) is 0.286. The van der Waals surface area contributed by atoms with Gasteiger partial charge in [-0.3, -0.25) is 4.79 Å². The van der Waals surface area contributed by atoms with Crippen molar-refractivity contribution in [2.24, 2.45) is 0 Å². The van der Waals surface area contributed by atoms with Crippen LogP contribution in [0.5, 0.6) is 0 Å². The second-order valence-corrected chi connectivity index (χ2v) is 4.36.